The highest BCUT2D eigenvalue weighted by Crippen LogP contribution is 2.16. The number of aromatic nitrogens is 1. The smallest absolute Gasteiger partial charge is 0.354 e. The van der Waals surface area contributed by atoms with E-state index in [1.807, 2.05) is 0 Å². The number of benzene rings is 1. The van der Waals surface area contributed by atoms with Gasteiger partial charge in [0.1, 0.15) is 17.3 Å². The summed E-state index contributed by atoms with van der Waals surface area (Å²) in [5.41, 5.74) is -0.153. The van der Waals surface area contributed by atoms with E-state index in [4.69, 9.17) is 5.11 Å². The van der Waals surface area contributed by atoms with Gasteiger partial charge >= 0.3 is 5.97 Å². The topological polar surface area (TPSA) is 79.3 Å². The molecule has 0 fully saturated rings. The molecule has 1 aromatic heterocycles. The Morgan fingerprint density at radius 2 is 1.90 bits per heavy atom. The Morgan fingerprint density at radius 3 is 2.48 bits per heavy atom. The van der Waals surface area contributed by atoms with Crippen LogP contribution in [0.4, 0.5) is 14.5 Å². The molecule has 0 saturated carbocycles. The second-order valence-electron chi connectivity index (χ2n) is 4.27. The van der Waals surface area contributed by atoms with Gasteiger partial charge in [-0.3, -0.25) is 4.79 Å². The summed E-state index contributed by atoms with van der Waals surface area (Å²) in [4.78, 5) is 26.1. The van der Waals surface area contributed by atoms with Crippen molar-refractivity contribution in [3.05, 3.63) is 58.9 Å². The number of halogens is 2. The number of hydrogen-bond donors (Lipinski definition) is 2. The molecule has 1 heterocycles. The number of pyridine rings is 1. The number of anilines is 1. The van der Waals surface area contributed by atoms with Crippen molar-refractivity contribution in [1.29, 1.82) is 0 Å². The maximum Gasteiger partial charge on any atom is 0.354 e. The average molecular weight is 292 g/mol. The van der Waals surface area contributed by atoms with Crippen molar-refractivity contribution in [3.8, 4) is 0 Å². The number of hydrogen-bond acceptors (Lipinski definition) is 3. The highest BCUT2D eigenvalue weighted by Gasteiger charge is 2.15. The molecule has 1 amide bonds. The molecule has 0 bridgehead atoms. The van der Waals surface area contributed by atoms with Crippen LogP contribution in [0.1, 0.15) is 26.4 Å². The van der Waals surface area contributed by atoms with Crippen LogP contribution >= 0.6 is 0 Å². The van der Waals surface area contributed by atoms with Gasteiger partial charge in [0, 0.05) is 6.07 Å². The van der Waals surface area contributed by atoms with Gasteiger partial charge in [0.15, 0.2) is 0 Å². The van der Waals surface area contributed by atoms with E-state index in [2.05, 4.69) is 10.3 Å². The summed E-state index contributed by atoms with van der Waals surface area (Å²) >= 11 is 0. The number of carbonyl (C=O) groups excluding carboxylic acids is 1. The Hall–Kier alpha value is -2.83. The van der Waals surface area contributed by atoms with Crippen LogP contribution in [0.2, 0.25) is 0 Å². The number of nitrogens with one attached hydrogen (secondary N) is 1. The van der Waals surface area contributed by atoms with Crippen LogP contribution in [0, 0.1) is 18.6 Å². The quantitative estimate of drug-likeness (QED) is 0.911. The zero-order valence-corrected chi connectivity index (χ0v) is 10.9. The number of amides is 1. The lowest BCUT2D eigenvalue weighted by molar-refractivity contribution is 0.0690. The molecule has 0 aliphatic carbocycles. The fourth-order valence-corrected chi connectivity index (χ4v) is 1.62. The van der Waals surface area contributed by atoms with Gasteiger partial charge in [-0.15, -0.1) is 0 Å². The predicted octanol–water partition coefficient (Wildman–Crippen LogP) is 2.62. The maximum absolute atomic E-state index is 13.6. The second-order valence-corrected chi connectivity index (χ2v) is 4.27. The van der Waals surface area contributed by atoms with E-state index in [-0.39, 0.29) is 22.5 Å². The minimum atomic E-state index is -1.20. The molecule has 0 atom stereocenters. The van der Waals surface area contributed by atoms with Gasteiger partial charge in [0.25, 0.3) is 5.91 Å². The van der Waals surface area contributed by atoms with Crippen LogP contribution in [0.15, 0.2) is 30.5 Å². The van der Waals surface area contributed by atoms with Crippen molar-refractivity contribution < 1.29 is 23.5 Å². The maximum atomic E-state index is 13.6. The number of carboxylic acids is 1. The van der Waals surface area contributed by atoms with Crippen molar-refractivity contribution in [1.82, 2.24) is 4.98 Å². The van der Waals surface area contributed by atoms with E-state index in [1.54, 1.807) is 0 Å². The Morgan fingerprint density at radius 1 is 1.19 bits per heavy atom. The van der Waals surface area contributed by atoms with E-state index in [9.17, 15) is 18.4 Å². The first kappa shape index (κ1) is 14.6. The Bertz CT molecular complexity index is 715. The lowest BCUT2D eigenvalue weighted by Crippen LogP contribution is -2.15. The van der Waals surface area contributed by atoms with Gasteiger partial charge in [-0.2, -0.15) is 0 Å². The second kappa shape index (κ2) is 5.66. The zero-order chi connectivity index (χ0) is 15.6. The summed E-state index contributed by atoms with van der Waals surface area (Å²) in [5, 5.41) is 11.0. The number of carboxylic acid groups (broad SMARTS) is 1. The first-order valence-corrected chi connectivity index (χ1v) is 5.85. The third-order valence-corrected chi connectivity index (χ3v) is 2.73. The van der Waals surface area contributed by atoms with Crippen LogP contribution < -0.4 is 5.32 Å². The summed E-state index contributed by atoms with van der Waals surface area (Å²) in [6.45, 7) is 1.41. The Kier molecular flexibility index (Phi) is 3.93. The van der Waals surface area contributed by atoms with Gasteiger partial charge in [-0.1, -0.05) is 0 Å². The predicted molar refractivity (Wildman–Crippen MR) is 70.2 cm³/mol. The molecular formula is C14H10F2N2O3. The van der Waals surface area contributed by atoms with Gasteiger partial charge in [-0.25, -0.2) is 18.6 Å². The highest BCUT2D eigenvalue weighted by molar-refractivity contribution is 6.04. The van der Waals surface area contributed by atoms with Gasteiger partial charge in [0.05, 0.1) is 17.4 Å². The van der Waals surface area contributed by atoms with Crippen LogP contribution in [0.3, 0.4) is 0 Å². The molecule has 1 aromatic carbocycles. The van der Waals surface area contributed by atoms with Crippen LogP contribution in [-0.4, -0.2) is 22.0 Å². The Balaban J connectivity index is 2.22. The number of aromatic carboxylic acids is 1. The van der Waals surface area contributed by atoms with Gasteiger partial charge in [-0.05, 0) is 30.7 Å². The summed E-state index contributed by atoms with van der Waals surface area (Å²) in [6.07, 6.45) is 1.13. The summed E-state index contributed by atoms with van der Waals surface area (Å²) < 4.78 is 26.7. The molecule has 0 aliphatic heterocycles. The van der Waals surface area contributed by atoms with E-state index in [0.717, 1.165) is 12.3 Å². The molecule has 7 heteroatoms. The first-order valence-electron chi connectivity index (χ1n) is 5.85. The molecule has 0 saturated heterocycles. The number of carbonyl (C=O) groups is 2. The minimum absolute atomic E-state index is 0.140. The van der Waals surface area contributed by atoms with Gasteiger partial charge < -0.3 is 10.4 Å². The molecule has 0 aliphatic rings. The molecule has 2 aromatic rings. The van der Waals surface area contributed by atoms with Crippen LogP contribution in [0.5, 0.6) is 0 Å². The van der Waals surface area contributed by atoms with Crippen molar-refractivity contribution in [3.63, 3.8) is 0 Å². The molecule has 0 spiro atoms. The van der Waals surface area contributed by atoms with Gasteiger partial charge in [0.2, 0.25) is 0 Å². The van der Waals surface area contributed by atoms with Crippen molar-refractivity contribution in [2.45, 2.75) is 6.92 Å². The lowest BCUT2D eigenvalue weighted by Gasteiger charge is -2.07. The van der Waals surface area contributed by atoms with E-state index in [1.165, 1.54) is 19.1 Å². The molecular weight excluding hydrogens is 282 g/mol. The molecule has 0 unspecified atom stereocenters. The monoisotopic (exact) mass is 292 g/mol. The van der Waals surface area contributed by atoms with Crippen molar-refractivity contribution in [2.24, 2.45) is 0 Å². The zero-order valence-electron chi connectivity index (χ0n) is 10.9. The van der Waals surface area contributed by atoms with E-state index < -0.39 is 23.5 Å². The van der Waals surface area contributed by atoms with Crippen molar-refractivity contribution in [2.75, 3.05) is 5.32 Å². The van der Waals surface area contributed by atoms with E-state index >= 15 is 0 Å². The first-order chi connectivity index (χ1) is 9.88. The highest BCUT2D eigenvalue weighted by atomic mass is 19.1. The average Bonchev–Trinajstić information content (AvgIpc) is 2.43. The summed E-state index contributed by atoms with van der Waals surface area (Å²) in [5.74, 6) is -3.70. The lowest BCUT2D eigenvalue weighted by atomic mass is 10.1. The molecule has 2 rings (SSSR count). The summed E-state index contributed by atoms with van der Waals surface area (Å²) in [6, 6.07) is 4.25. The largest absolute Gasteiger partial charge is 0.477 e. The van der Waals surface area contributed by atoms with Crippen molar-refractivity contribution >= 4 is 17.6 Å². The Labute approximate surface area is 118 Å². The molecule has 5 nitrogen and oxygen atoms in total. The molecule has 0 radical (unpaired) electrons. The SMILES string of the molecule is Cc1cc(C(=O)Nc2ccc(C(=O)O)nc2)c(F)cc1F. The third kappa shape index (κ3) is 3.19. The molecule has 2 N–H and O–H groups in total. The normalized spacial score (nSPS) is 10.2. The fraction of sp³-hybridized carbons (Fsp3) is 0.0714. The number of aryl methyl sites for hydroxylation is 1. The fourth-order valence-electron chi connectivity index (χ4n) is 1.62. The summed E-state index contributed by atoms with van der Waals surface area (Å²) in [7, 11) is 0. The third-order valence-electron chi connectivity index (χ3n) is 2.73. The number of rotatable bonds is 3. The molecule has 108 valence electrons. The van der Waals surface area contributed by atoms with Crippen LogP contribution in [0.25, 0.3) is 0 Å². The van der Waals surface area contributed by atoms with E-state index in [0.29, 0.717) is 6.07 Å². The minimum Gasteiger partial charge on any atom is -0.477 e. The number of nitrogens with zero attached hydrogens (tertiary/aromatic N) is 1. The van der Waals surface area contributed by atoms with Crippen LogP contribution in [-0.2, 0) is 0 Å². The standard InChI is InChI=1S/C14H10F2N2O3/c1-7-4-9(11(16)5-10(7)15)13(19)18-8-2-3-12(14(20)21)17-6-8/h2-6H,1H3,(H,18,19)(H,20,21). The molecule has 21 heavy (non-hydrogen) atoms.